The van der Waals surface area contributed by atoms with Crippen LogP contribution in [-0.4, -0.2) is 93.3 Å². The Kier molecular flexibility index (Phi) is 15.8. The molecule has 3 rings (SSSR count). The number of ether oxygens (including phenoxy) is 3. The lowest BCUT2D eigenvalue weighted by atomic mass is 10.0. The van der Waals surface area contributed by atoms with Gasteiger partial charge in [0.2, 0.25) is 0 Å². The summed E-state index contributed by atoms with van der Waals surface area (Å²) < 4.78 is 20.6. The molecule has 0 fully saturated rings. The molecule has 9 N–H and O–H groups in total. The molecule has 0 bridgehead atoms. The molecule has 0 aliphatic heterocycles. The van der Waals surface area contributed by atoms with Crippen LogP contribution in [0.1, 0.15) is 30.4 Å². The third-order valence-corrected chi connectivity index (χ3v) is 5.35. The average Bonchev–Trinajstić information content (AvgIpc) is 3.33. The summed E-state index contributed by atoms with van der Waals surface area (Å²) in [4.78, 5) is 22.3. The van der Waals surface area contributed by atoms with Gasteiger partial charge < -0.3 is 51.3 Å². The van der Waals surface area contributed by atoms with Gasteiger partial charge in [-0.2, -0.15) is 4.98 Å². The van der Waals surface area contributed by atoms with E-state index in [9.17, 15) is 4.79 Å². The second-order valence-electron chi connectivity index (χ2n) is 8.41. The number of nitrogens with one attached hydrogen (secondary N) is 3. The van der Waals surface area contributed by atoms with Gasteiger partial charge in [-0.1, -0.05) is 0 Å². The number of nitrogens with zero attached hydrogens (tertiary/aromatic N) is 3. The van der Waals surface area contributed by atoms with E-state index in [2.05, 4.69) is 25.6 Å². The quantitative estimate of drug-likeness (QED) is 0.0690. The maximum Gasteiger partial charge on any atom is 0.292 e. The van der Waals surface area contributed by atoms with Crippen molar-refractivity contribution in [2.45, 2.75) is 19.3 Å². The van der Waals surface area contributed by atoms with Crippen molar-refractivity contribution in [3.8, 4) is 0 Å². The van der Waals surface area contributed by atoms with Gasteiger partial charge in [0.1, 0.15) is 29.8 Å². The Morgan fingerprint density at radius 2 is 1.73 bits per heavy atom. The lowest BCUT2D eigenvalue weighted by Crippen LogP contribution is -2.15. The number of hydrogen-bond acceptors (Lipinski definition) is 14. The fraction of sp³-hybridized carbons (Fsp3) is 0.500. The zero-order valence-electron chi connectivity index (χ0n) is 23.0. The first-order chi connectivity index (χ1) is 19.5. The van der Waals surface area contributed by atoms with Gasteiger partial charge in [-0.15, -0.1) is 0 Å². The predicted octanol–water partition coefficient (Wildman–Crippen LogP) is 1.19. The molecule has 3 aromatic rings. The maximum atomic E-state index is 9.90. The van der Waals surface area contributed by atoms with E-state index in [-0.39, 0.29) is 17.5 Å². The van der Waals surface area contributed by atoms with Gasteiger partial charge in [-0.25, -0.2) is 9.97 Å². The first-order valence-corrected chi connectivity index (χ1v) is 13.1. The van der Waals surface area contributed by atoms with Crippen LogP contribution in [-0.2, 0) is 19.0 Å². The van der Waals surface area contributed by atoms with E-state index in [1.54, 1.807) is 18.2 Å². The lowest BCUT2D eigenvalue weighted by Gasteiger charge is -2.13. The van der Waals surface area contributed by atoms with Crippen LogP contribution in [0.2, 0.25) is 0 Å². The van der Waals surface area contributed by atoms with Gasteiger partial charge in [0, 0.05) is 25.1 Å². The molecule has 0 atom stereocenters. The van der Waals surface area contributed by atoms with Crippen LogP contribution in [0.15, 0.2) is 28.9 Å². The minimum atomic E-state index is 0.0927. The topological polar surface area (TPSA) is 223 Å². The van der Waals surface area contributed by atoms with E-state index >= 15 is 0 Å². The average molecular weight is 560 g/mol. The molecule has 14 nitrogen and oxygen atoms in total. The normalized spacial score (nSPS) is 10.8. The minimum Gasteiger partial charge on any atom is -0.424 e. The van der Waals surface area contributed by atoms with Crippen LogP contribution in [0.3, 0.4) is 0 Å². The predicted molar refractivity (Wildman–Crippen MR) is 155 cm³/mol. The smallest absolute Gasteiger partial charge is 0.292 e. The van der Waals surface area contributed by atoms with Gasteiger partial charge in [-0.3, -0.25) is 5.41 Å². The lowest BCUT2D eigenvalue weighted by molar-refractivity contribution is -0.108. The Morgan fingerprint density at radius 3 is 2.42 bits per heavy atom. The van der Waals surface area contributed by atoms with E-state index in [1.165, 1.54) is 6.33 Å². The number of aldehydes is 1. The number of fused-ring (bicyclic) bond motifs is 1. The van der Waals surface area contributed by atoms with Gasteiger partial charge >= 0.3 is 0 Å². The zero-order valence-corrected chi connectivity index (χ0v) is 23.0. The van der Waals surface area contributed by atoms with Crippen LogP contribution >= 0.6 is 0 Å². The Balaban J connectivity index is 0.000000342. The number of oxazole rings is 1. The highest BCUT2D eigenvalue weighted by Gasteiger charge is 2.17. The zero-order chi connectivity index (χ0) is 29.0. The van der Waals surface area contributed by atoms with Crippen LogP contribution in [0.5, 0.6) is 0 Å². The summed E-state index contributed by atoms with van der Waals surface area (Å²) in [6, 6.07) is 5.32. The minimum absolute atomic E-state index is 0.0927. The standard InChI is InChI=1S/C17H22N8O.C9H19NO4/c1-21-6-2-3-7-22-16-13(15(19)23-9-24-16)14(18)10-4-5-12-11(8-10)25-17(20)26-12;10-2-5-13-7-9-14-8-6-12-4-1-3-11/h4-5,8-9,18,21H,2-3,6-7H2,1H3,(H2,20,25)(H3,19,22,23,24);3H,1-2,4-10H2. The molecule has 0 saturated carbocycles. The molecule has 0 aliphatic rings. The summed E-state index contributed by atoms with van der Waals surface area (Å²) in [7, 11) is 1.93. The van der Waals surface area contributed by atoms with E-state index in [4.69, 9.17) is 41.2 Å². The third-order valence-electron chi connectivity index (χ3n) is 5.35. The molecule has 0 aliphatic carbocycles. The summed E-state index contributed by atoms with van der Waals surface area (Å²) in [6.07, 6.45) is 4.69. The molecule has 0 radical (unpaired) electrons. The van der Waals surface area contributed by atoms with Crippen molar-refractivity contribution in [2.24, 2.45) is 5.73 Å². The fourth-order valence-corrected chi connectivity index (χ4v) is 3.42. The summed E-state index contributed by atoms with van der Waals surface area (Å²) in [5.74, 6) is 0.800. The van der Waals surface area contributed by atoms with Crippen molar-refractivity contribution >= 4 is 40.7 Å². The maximum absolute atomic E-state index is 9.90. The molecule has 220 valence electrons. The van der Waals surface area contributed by atoms with E-state index in [0.29, 0.717) is 80.7 Å². The molecular formula is C26H41N9O5. The molecule has 2 heterocycles. The highest BCUT2D eigenvalue weighted by molar-refractivity contribution is 6.17. The van der Waals surface area contributed by atoms with Crippen LogP contribution < -0.4 is 27.8 Å². The number of anilines is 3. The number of carbonyl (C=O) groups excluding carboxylic acids is 1. The van der Waals surface area contributed by atoms with Crippen molar-refractivity contribution in [3.05, 3.63) is 35.7 Å². The van der Waals surface area contributed by atoms with E-state index in [1.807, 2.05) is 7.05 Å². The van der Waals surface area contributed by atoms with Crippen molar-refractivity contribution < 1.29 is 23.4 Å². The molecule has 1 aromatic carbocycles. The SMILES string of the molecule is CNCCCCNc1ncnc(N)c1C(=N)c1ccc2oc(N)nc2c1.NCCOCCOCCOCCC=O. The summed E-state index contributed by atoms with van der Waals surface area (Å²) in [5, 5.41) is 14.9. The Bertz CT molecular complexity index is 1160. The molecule has 14 heteroatoms. The van der Waals surface area contributed by atoms with Gasteiger partial charge in [0.05, 0.1) is 50.9 Å². The molecule has 0 amide bonds. The number of unbranched alkanes of at least 4 members (excludes halogenated alkanes) is 1. The van der Waals surface area contributed by atoms with Crippen molar-refractivity contribution in [3.63, 3.8) is 0 Å². The molecular weight excluding hydrogens is 518 g/mol. The van der Waals surface area contributed by atoms with Crippen LogP contribution in [0, 0.1) is 5.41 Å². The largest absolute Gasteiger partial charge is 0.424 e. The van der Waals surface area contributed by atoms with Crippen molar-refractivity contribution in [1.82, 2.24) is 20.3 Å². The van der Waals surface area contributed by atoms with Gasteiger partial charge in [0.25, 0.3) is 6.01 Å². The van der Waals surface area contributed by atoms with Crippen molar-refractivity contribution in [2.75, 3.05) is 83.1 Å². The van der Waals surface area contributed by atoms with Crippen molar-refractivity contribution in [1.29, 1.82) is 5.41 Å². The highest BCUT2D eigenvalue weighted by atomic mass is 16.5. The van der Waals surface area contributed by atoms with E-state index in [0.717, 1.165) is 32.2 Å². The fourth-order valence-electron chi connectivity index (χ4n) is 3.42. The second-order valence-corrected chi connectivity index (χ2v) is 8.41. The summed E-state index contributed by atoms with van der Waals surface area (Å²) >= 11 is 0. The number of nitrogen functional groups attached to an aromatic ring is 2. The number of nitrogens with two attached hydrogens (primary N) is 3. The molecule has 0 unspecified atom stereocenters. The number of aromatic nitrogens is 3. The van der Waals surface area contributed by atoms with Crippen LogP contribution in [0.4, 0.5) is 17.7 Å². The van der Waals surface area contributed by atoms with E-state index < -0.39 is 0 Å². The number of carbonyl (C=O) groups is 1. The molecule has 0 saturated heterocycles. The number of rotatable bonds is 19. The van der Waals surface area contributed by atoms with Crippen LogP contribution in [0.25, 0.3) is 11.1 Å². The summed E-state index contributed by atoms with van der Waals surface area (Å²) in [5.41, 5.74) is 19.3. The molecule has 2 aromatic heterocycles. The first kappa shape index (κ1) is 32.5. The monoisotopic (exact) mass is 559 g/mol. The Hall–Kier alpha value is -3.69. The van der Waals surface area contributed by atoms with Gasteiger partial charge in [-0.05, 0) is 44.6 Å². The van der Waals surface area contributed by atoms with Gasteiger partial charge in [0.15, 0.2) is 5.58 Å². The first-order valence-electron chi connectivity index (χ1n) is 13.1. The highest BCUT2D eigenvalue weighted by Crippen LogP contribution is 2.24. The summed E-state index contributed by atoms with van der Waals surface area (Å²) in [6.45, 7) is 5.43. The Labute approximate surface area is 233 Å². The number of benzene rings is 1. The Morgan fingerprint density at radius 1 is 1.02 bits per heavy atom. The third kappa shape index (κ3) is 11.6. The number of hydrogen-bond donors (Lipinski definition) is 6. The second kappa shape index (κ2) is 19.4. The molecule has 0 spiro atoms. The molecule has 40 heavy (non-hydrogen) atoms.